The summed E-state index contributed by atoms with van der Waals surface area (Å²) < 4.78 is 33.5. The lowest BCUT2D eigenvalue weighted by Crippen LogP contribution is -2.02. The maximum Gasteiger partial charge on any atom is 0.387 e. The molecule has 1 heterocycles. The fourth-order valence-electron chi connectivity index (χ4n) is 1.60. The Hall–Kier alpha value is -2.43. The normalized spacial score (nSPS) is 11.2. The number of rotatable bonds is 5. The van der Waals surface area contributed by atoms with Crippen molar-refractivity contribution in [3.63, 3.8) is 0 Å². The molecule has 0 spiro atoms. The van der Waals surface area contributed by atoms with E-state index in [0.29, 0.717) is 11.3 Å². The van der Waals surface area contributed by atoms with Crippen LogP contribution in [0.15, 0.2) is 46.9 Å². The highest BCUT2D eigenvalue weighted by molar-refractivity contribution is 6.06. The van der Waals surface area contributed by atoms with Crippen molar-refractivity contribution in [3.05, 3.63) is 59.6 Å². The Morgan fingerprint density at radius 1 is 1.20 bits per heavy atom. The van der Waals surface area contributed by atoms with Gasteiger partial charge in [-0.15, -0.1) is 0 Å². The van der Waals surface area contributed by atoms with E-state index in [2.05, 4.69) is 4.74 Å². The van der Waals surface area contributed by atoms with E-state index in [0.717, 1.165) is 5.76 Å². The van der Waals surface area contributed by atoms with Crippen LogP contribution in [-0.2, 0) is 0 Å². The smallest absolute Gasteiger partial charge is 0.387 e. The largest absolute Gasteiger partial charge is 0.462 e. The van der Waals surface area contributed by atoms with Crippen LogP contribution in [0.3, 0.4) is 0 Å². The minimum Gasteiger partial charge on any atom is -0.462 e. The molecule has 0 radical (unpaired) electrons. The molecule has 2 aromatic rings. The van der Waals surface area contributed by atoms with Gasteiger partial charge >= 0.3 is 6.61 Å². The van der Waals surface area contributed by atoms with Gasteiger partial charge in [-0.2, -0.15) is 8.78 Å². The van der Waals surface area contributed by atoms with E-state index in [4.69, 9.17) is 4.42 Å². The predicted molar refractivity (Wildman–Crippen MR) is 69.9 cm³/mol. The number of hydrogen-bond acceptors (Lipinski definition) is 3. The van der Waals surface area contributed by atoms with Crippen LogP contribution in [0, 0.1) is 6.92 Å². The molecule has 0 fully saturated rings. The number of allylic oxidation sites excluding steroid dienone is 1. The third-order valence-corrected chi connectivity index (χ3v) is 2.52. The molecule has 2 rings (SSSR count). The third kappa shape index (κ3) is 3.78. The molecular formula is C15H12F2O3. The number of alkyl halides is 2. The van der Waals surface area contributed by atoms with Crippen molar-refractivity contribution >= 4 is 11.9 Å². The van der Waals surface area contributed by atoms with E-state index in [1.807, 2.05) is 0 Å². The number of benzene rings is 1. The topological polar surface area (TPSA) is 39.4 Å². The zero-order chi connectivity index (χ0) is 14.5. The van der Waals surface area contributed by atoms with Crippen molar-refractivity contribution < 1.29 is 22.7 Å². The van der Waals surface area contributed by atoms with Gasteiger partial charge in [0.2, 0.25) is 0 Å². The molecule has 1 aromatic heterocycles. The average Bonchev–Trinajstić information content (AvgIpc) is 2.82. The molecule has 0 N–H and O–H groups in total. The molecule has 3 nitrogen and oxygen atoms in total. The molecule has 0 atom stereocenters. The lowest BCUT2D eigenvalue weighted by molar-refractivity contribution is -0.0498. The van der Waals surface area contributed by atoms with E-state index in [1.165, 1.54) is 30.3 Å². The van der Waals surface area contributed by atoms with Crippen LogP contribution in [-0.4, -0.2) is 12.4 Å². The maximum absolute atomic E-state index is 12.0. The Balaban J connectivity index is 2.04. The first kappa shape index (κ1) is 14.0. The second-order valence-corrected chi connectivity index (χ2v) is 4.05. The van der Waals surface area contributed by atoms with Crippen LogP contribution in [0.5, 0.6) is 5.75 Å². The Kier molecular flexibility index (Phi) is 4.30. The first-order valence-corrected chi connectivity index (χ1v) is 5.88. The van der Waals surface area contributed by atoms with Gasteiger partial charge in [0.15, 0.2) is 5.78 Å². The zero-order valence-corrected chi connectivity index (χ0v) is 10.7. The van der Waals surface area contributed by atoms with Gasteiger partial charge in [0.1, 0.15) is 17.3 Å². The summed E-state index contributed by atoms with van der Waals surface area (Å²) >= 11 is 0. The molecule has 0 saturated heterocycles. The molecular weight excluding hydrogens is 266 g/mol. The monoisotopic (exact) mass is 278 g/mol. The van der Waals surface area contributed by atoms with E-state index < -0.39 is 6.61 Å². The zero-order valence-electron chi connectivity index (χ0n) is 10.7. The summed E-state index contributed by atoms with van der Waals surface area (Å²) in [7, 11) is 0. The number of furan rings is 1. The summed E-state index contributed by atoms with van der Waals surface area (Å²) in [5, 5.41) is 0. The molecule has 0 saturated carbocycles. The number of hydrogen-bond donors (Lipinski definition) is 0. The van der Waals surface area contributed by atoms with Gasteiger partial charge in [0, 0.05) is 5.56 Å². The lowest BCUT2D eigenvalue weighted by Gasteiger charge is -2.04. The minimum atomic E-state index is -2.88. The first-order valence-electron chi connectivity index (χ1n) is 5.88. The van der Waals surface area contributed by atoms with Crippen LogP contribution < -0.4 is 4.74 Å². The molecule has 0 aliphatic rings. The van der Waals surface area contributed by atoms with Gasteiger partial charge in [-0.05, 0) is 55.5 Å². The summed E-state index contributed by atoms with van der Waals surface area (Å²) in [4.78, 5) is 11.8. The molecule has 20 heavy (non-hydrogen) atoms. The quantitative estimate of drug-likeness (QED) is 0.611. The van der Waals surface area contributed by atoms with Gasteiger partial charge in [0.25, 0.3) is 0 Å². The standard InChI is InChI=1S/C15H12F2O3/c1-10-2-5-12(19-10)8-9-14(18)11-3-6-13(7-4-11)20-15(16)17/h2-9,15H,1H3/b9-8-. The molecule has 1 aromatic carbocycles. The third-order valence-electron chi connectivity index (χ3n) is 2.52. The molecule has 0 aliphatic carbocycles. The number of carbonyl (C=O) groups is 1. The fraction of sp³-hybridized carbons (Fsp3) is 0.133. The number of ketones is 1. The highest BCUT2D eigenvalue weighted by atomic mass is 19.3. The number of carbonyl (C=O) groups excluding carboxylic acids is 1. The van der Waals surface area contributed by atoms with E-state index in [9.17, 15) is 13.6 Å². The van der Waals surface area contributed by atoms with E-state index in [1.54, 1.807) is 25.1 Å². The Bertz CT molecular complexity index is 612. The second-order valence-electron chi connectivity index (χ2n) is 4.05. The van der Waals surface area contributed by atoms with Gasteiger partial charge < -0.3 is 9.15 Å². The number of ether oxygens (including phenoxy) is 1. The predicted octanol–water partition coefficient (Wildman–Crippen LogP) is 4.09. The summed E-state index contributed by atoms with van der Waals surface area (Å²) in [6, 6.07) is 9.05. The summed E-state index contributed by atoms with van der Waals surface area (Å²) in [6.07, 6.45) is 2.92. The summed E-state index contributed by atoms with van der Waals surface area (Å²) in [6.45, 7) is -1.07. The Morgan fingerprint density at radius 2 is 1.90 bits per heavy atom. The van der Waals surface area contributed by atoms with Gasteiger partial charge in [-0.25, -0.2) is 0 Å². The summed E-state index contributed by atoms with van der Waals surface area (Å²) in [5.41, 5.74) is 0.381. The Morgan fingerprint density at radius 3 is 2.45 bits per heavy atom. The number of halogens is 2. The van der Waals surface area contributed by atoms with Crippen LogP contribution in [0.4, 0.5) is 8.78 Å². The van der Waals surface area contributed by atoms with Crippen molar-refractivity contribution in [1.29, 1.82) is 0 Å². The van der Waals surface area contributed by atoms with Gasteiger partial charge in [0.05, 0.1) is 0 Å². The molecule has 104 valence electrons. The first-order chi connectivity index (χ1) is 9.54. The van der Waals surface area contributed by atoms with Crippen molar-refractivity contribution in [2.24, 2.45) is 0 Å². The molecule has 0 aliphatic heterocycles. The Labute approximate surface area is 114 Å². The van der Waals surface area contributed by atoms with E-state index >= 15 is 0 Å². The van der Waals surface area contributed by atoms with Gasteiger partial charge in [-0.1, -0.05) is 0 Å². The van der Waals surface area contributed by atoms with Crippen LogP contribution >= 0.6 is 0 Å². The maximum atomic E-state index is 12.0. The van der Waals surface area contributed by atoms with Gasteiger partial charge in [-0.3, -0.25) is 4.79 Å². The highest BCUT2D eigenvalue weighted by Crippen LogP contribution is 2.16. The molecule has 0 amide bonds. The van der Waals surface area contributed by atoms with Crippen molar-refractivity contribution in [2.45, 2.75) is 13.5 Å². The van der Waals surface area contributed by atoms with Crippen molar-refractivity contribution in [2.75, 3.05) is 0 Å². The minimum absolute atomic E-state index is 0.0159. The molecule has 0 bridgehead atoms. The number of aryl methyl sites for hydroxylation is 1. The highest BCUT2D eigenvalue weighted by Gasteiger charge is 2.06. The van der Waals surface area contributed by atoms with Crippen LogP contribution in [0.25, 0.3) is 6.08 Å². The van der Waals surface area contributed by atoms with Crippen LogP contribution in [0.1, 0.15) is 21.9 Å². The average molecular weight is 278 g/mol. The molecule has 5 heteroatoms. The van der Waals surface area contributed by atoms with Crippen molar-refractivity contribution in [3.8, 4) is 5.75 Å². The fourth-order valence-corrected chi connectivity index (χ4v) is 1.60. The second kappa shape index (κ2) is 6.14. The SMILES string of the molecule is Cc1ccc(/C=C\C(=O)c2ccc(OC(F)F)cc2)o1. The summed E-state index contributed by atoms with van der Waals surface area (Å²) in [5.74, 6) is 1.10. The van der Waals surface area contributed by atoms with E-state index in [-0.39, 0.29) is 11.5 Å². The van der Waals surface area contributed by atoms with Crippen molar-refractivity contribution in [1.82, 2.24) is 0 Å². The van der Waals surface area contributed by atoms with Crippen LogP contribution in [0.2, 0.25) is 0 Å². The molecule has 0 unspecified atom stereocenters. The lowest BCUT2D eigenvalue weighted by atomic mass is 10.1.